The van der Waals surface area contributed by atoms with Gasteiger partial charge in [-0.3, -0.25) is 20.2 Å². The number of benzene rings is 2. The maximum absolute atomic E-state index is 10.9. The Bertz CT molecular complexity index is 961. The van der Waals surface area contributed by atoms with Gasteiger partial charge in [0, 0.05) is 17.9 Å². The van der Waals surface area contributed by atoms with Gasteiger partial charge in [0.2, 0.25) is 5.89 Å². The van der Waals surface area contributed by atoms with E-state index in [4.69, 9.17) is 16.0 Å². The normalized spacial score (nSPS) is 10.7. The van der Waals surface area contributed by atoms with E-state index in [0.717, 1.165) is 17.8 Å². The zero-order valence-electron chi connectivity index (χ0n) is 12.9. The lowest BCUT2D eigenvalue weighted by Gasteiger charge is -2.00. The number of hydrogen-bond acceptors (Lipinski definition) is 8. The number of hydrogen-bond donors (Lipinski definition) is 0. The first-order valence-electron chi connectivity index (χ1n) is 7.08. The Balaban J connectivity index is 1.79. The highest BCUT2D eigenvalue weighted by Crippen LogP contribution is 2.31. The summed E-state index contributed by atoms with van der Waals surface area (Å²) in [6, 6.07) is 10.4. The van der Waals surface area contributed by atoms with Gasteiger partial charge in [-0.1, -0.05) is 35.5 Å². The average Bonchev–Trinajstić information content (AvgIpc) is 3.08. The summed E-state index contributed by atoms with van der Waals surface area (Å²) < 4.78 is 5.52. The molecule has 0 N–H and O–H groups in total. The monoisotopic (exact) mass is 392 g/mol. The van der Waals surface area contributed by atoms with Crippen LogP contribution in [0.3, 0.4) is 0 Å². The highest BCUT2D eigenvalue weighted by atomic mass is 35.5. The lowest BCUT2D eigenvalue weighted by atomic mass is 10.2. The molecule has 3 aromatic rings. The van der Waals surface area contributed by atoms with Crippen molar-refractivity contribution in [3.8, 4) is 11.5 Å². The molecule has 0 aliphatic heterocycles. The predicted molar refractivity (Wildman–Crippen MR) is 94.1 cm³/mol. The minimum atomic E-state index is -0.677. The Labute approximate surface area is 155 Å². The lowest BCUT2D eigenvalue weighted by molar-refractivity contribution is -0.394. The molecule has 132 valence electrons. The summed E-state index contributed by atoms with van der Waals surface area (Å²) in [5, 5.41) is 30.3. The molecule has 0 fully saturated rings. The molecule has 0 amide bonds. The highest BCUT2D eigenvalue weighted by molar-refractivity contribution is 7.98. The Morgan fingerprint density at radius 1 is 1.04 bits per heavy atom. The first-order valence-corrected chi connectivity index (χ1v) is 8.44. The van der Waals surface area contributed by atoms with Gasteiger partial charge in [-0.05, 0) is 17.7 Å². The summed E-state index contributed by atoms with van der Waals surface area (Å²) in [4.78, 5) is 20.5. The van der Waals surface area contributed by atoms with Crippen LogP contribution in [0, 0.1) is 20.2 Å². The van der Waals surface area contributed by atoms with Crippen LogP contribution in [0.5, 0.6) is 0 Å². The van der Waals surface area contributed by atoms with E-state index in [0.29, 0.717) is 16.1 Å². The van der Waals surface area contributed by atoms with Gasteiger partial charge in [0.25, 0.3) is 16.6 Å². The minimum Gasteiger partial charge on any atom is -0.411 e. The predicted octanol–water partition coefficient (Wildman–Crippen LogP) is 4.50. The van der Waals surface area contributed by atoms with Gasteiger partial charge in [-0.15, -0.1) is 10.2 Å². The van der Waals surface area contributed by atoms with Crippen molar-refractivity contribution in [2.75, 3.05) is 0 Å². The van der Waals surface area contributed by atoms with Crippen LogP contribution in [0.15, 0.2) is 52.1 Å². The number of thioether (sulfide) groups is 1. The Morgan fingerprint density at radius 2 is 1.69 bits per heavy atom. The Hall–Kier alpha value is -2.98. The van der Waals surface area contributed by atoms with Gasteiger partial charge >= 0.3 is 0 Å². The van der Waals surface area contributed by atoms with Crippen LogP contribution in [0.4, 0.5) is 11.4 Å². The Kier molecular flexibility index (Phi) is 5.14. The van der Waals surface area contributed by atoms with E-state index in [-0.39, 0.29) is 28.2 Å². The third kappa shape index (κ3) is 3.98. The first kappa shape index (κ1) is 17.8. The Morgan fingerprint density at radius 3 is 2.31 bits per heavy atom. The van der Waals surface area contributed by atoms with Gasteiger partial charge in [-0.25, -0.2) is 0 Å². The van der Waals surface area contributed by atoms with Gasteiger partial charge in [-0.2, -0.15) is 0 Å². The molecule has 2 aromatic carbocycles. The molecule has 1 heterocycles. The van der Waals surface area contributed by atoms with Gasteiger partial charge in [0.05, 0.1) is 26.5 Å². The SMILES string of the molecule is O=[N+]([O-])c1cc(CSc2nnc(-c3ccccc3Cl)o2)cc([N+](=O)[O-])c1. The van der Waals surface area contributed by atoms with Crippen LogP contribution >= 0.6 is 23.4 Å². The summed E-state index contributed by atoms with van der Waals surface area (Å²) in [5.74, 6) is 0.426. The summed E-state index contributed by atoms with van der Waals surface area (Å²) in [6.07, 6.45) is 0. The molecule has 0 unspecified atom stereocenters. The van der Waals surface area contributed by atoms with E-state index in [1.807, 2.05) is 0 Å². The molecule has 26 heavy (non-hydrogen) atoms. The number of non-ortho nitro benzene ring substituents is 2. The molecule has 11 heteroatoms. The molecule has 9 nitrogen and oxygen atoms in total. The summed E-state index contributed by atoms with van der Waals surface area (Å²) in [5.41, 5.74) is 0.280. The molecular weight excluding hydrogens is 384 g/mol. The second-order valence-electron chi connectivity index (χ2n) is 5.01. The van der Waals surface area contributed by atoms with E-state index in [9.17, 15) is 20.2 Å². The molecule has 0 saturated carbocycles. The van der Waals surface area contributed by atoms with Crippen molar-refractivity contribution in [1.82, 2.24) is 10.2 Å². The van der Waals surface area contributed by atoms with Crippen molar-refractivity contribution in [1.29, 1.82) is 0 Å². The summed E-state index contributed by atoms with van der Waals surface area (Å²) in [7, 11) is 0. The van der Waals surface area contributed by atoms with Crippen LogP contribution in [0.2, 0.25) is 5.02 Å². The van der Waals surface area contributed by atoms with Crippen LogP contribution in [0.1, 0.15) is 5.56 Å². The van der Waals surface area contributed by atoms with Gasteiger partial charge in [0.1, 0.15) is 0 Å². The van der Waals surface area contributed by atoms with E-state index < -0.39 is 9.85 Å². The molecule has 0 saturated heterocycles. The van der Waals surface area contributed by atoms with Crippen molar-refractivity contribution in [3.05, 3.63) is 73.3 Å². The van der Waals surface area contributed by atoms with E-state index >= 15 is 0 Å². The lowest BCUT2D eigenvalue weighted by Crippen LogP contribution is -1.95. The summed E-state index contributed by atoms with van der Waals surface area (Å²) in [6.45, 7) is 0. The van der Waals surface area contributed by atoms with Gasteiger partial charge in [0.15, 0.2) is 0 Å². The molecule has 3 rings (SSSR count). The largest absolute Gasteiger partial charge is 0.411 e. The van der Waals surface area contributed by atoms with E-state index in [1.165, 1.54) is 12.1 Å². The second-order valence-corrected chi connectivity index (χ2v) is 6.35. The van der Waals surface area contributed by atoms with Crippen molar-refractivity contribution < 1.29 is 14.3 Å². The molecule has 0 radical (unpaired) electrons. The van der Waals surface area contributed by atoms with Crippen LogP contribution in [0.25, 0.3) is 11.5 Å². The number of nitro groups is 2. The van der Waals surface area contributed by atoms with E-state index in [2.05, 4.69) is 10.2 Å². The van der Waals surface area contributed by atoms with Gasteiger partial charge < -0.3 is 4.42 Å². The van der Waals surface area contributed by atoms with Crippen LogP contribution in [-0.2, 0) is 5.75 Å². The second kappa shape index (κ2) is 7.50. The number of nitro benzene ring substituents is 2. The maximum Gasteiger partial charge on any atom is 0.277 e. The fraction of sp³-hybridized carbons (Fsp3) is 0.0667. The molecule has 0 bridgehead atoms. The standard InChI is InChI=1S/C15H9ClN4O5S/c16-13-4-2-1-3-12(13)14-17-18-15(25-14)26-8-9-5-10(19(21)22)7-11(6-9)20(23)24/h1-7H,8H2. The topological polar surface area (TPSA) is 125 Å². The molecule has 0 spiro atoms. The van der Waals surface area contributed by atoms with E-state index in [1.54, 1.807) is 24.3 Å². The molecule has 0 aliphatic rings. The molecule has 1 aromatic heterocycles. The van der Waals surface area contributed by atoms with Crippen LogP contribution in [-0.4, -0.2) is 20.0 Å². The quantitative estimate of drug-likeness (QED) is 0.341. The molecule has 0 aliphatic carbocycles. The van der Waals surface area contributed by atoms with Crippen molar-refractivity contribution in [2.24, 2.45) is 0 Å². The third-order valence-corrected chi connectivity index (χ3v) is 4.48. The first-order chi connectivity index (χ1) is 12.4. The smallest absolute Gasteiger partial charge is 0.277 e. The highest BCUT2D eigenvalue weighted by Gasteiger charge is 2.17. The summed E-state index contributed by atoms with van der Waals surface area (Å²) >= 11 is 7.18. The molecular formula is C15H9ClN4O5S. The number of nitrogens with zero attached hydrogens (tertiary/aromatic N) is 4. The number of rotatable bonds is 6. The number of aromatic nitrogens is 2. The maximum atomic E-state index is 10.9. The minimum absolute atomic E-state index is 0.187. The average molecular weight is 393 g/mol. The fourth-order valence-electron chi connectivity index (χ4n) is 2.11. The van der Waals surface area contributed by atoms with Crippen molar-refractivity contribution in [2.45, 2.75) is 11.0 Å². The zero-order valence-corrected chi connectivity index (χ0v) is 14.4. The van der Waals surface area contributed by atoms with Crippen molar-refractivity contribution in [3.63, 3.8) is 0 Å². The third-order valence-electron chi connectivity index (χ3n) is 3.26. The number of halogens is 1. The zero-order chi connectivity index (χ0) is 18.7. The van der Waals surface area contributed by atoms with Crippen molar-refractivity contribution >= 4 is 34.7 Å². The molecule has 0 atom stereocenters. The van der Waals surface area contributed by atoms with Crippen LogP contribution < -0.4 is 0 Å². The fourth-order valence-corrected chi connectivity index (χ4v) is 3.02.